The van der Waals surface area contributed by atoms with Crippen LogP contribution in [0.4, 0.5) is 5.69 Å². The Balaban J connectivity index is 2.04. The SMILES string of the molecule is CC1(C)CC(Nc2cnn(CCO)c2)C(C)(C)O1. The molecule has 102 valence electrons. The van der Waals surface area contributed by atoms with Gasteiger partial charge in [-0.05, 0) is 34.1 Å². The number of nitrogens with zero attached hydrogens (tertiary/aromatic N) is 2. The van der Waals surface area contributed by atoms with E-state index in [4.69, 9.17) is 9.84 Å². The first kappa shape index (κ1) is 13.4. The van der Waals surface area contributed by atoms with Crippen LogP contribution in [0.25, 0.3) is 0 Å². The highest BCUT2D eigenvalue weighted by molar-refractivity contribution is 5.40. The molecule has 0 bridgehead atoms. The van der Waals surface area contributed by atoms with Gasteiger partial charge in [-0.25, -0.2) is 0 Å². The highest BCUT2D eigenvalue weighted by atomic mass is 16.5. The van der Waals surface area contributed by atoms with Gasteiger partial charge in [-0.2, -0.15) is 5.10 Å². The standard InChI is InChI=1S/C13H23N3O2/c1-12(2)7-11(13(3,4)18-12)15-10-8-14-16(9-10)5-6-17/h8-9,11,15,17H,5-7H2,1-4H3. The zero-order chi connectivity index (χ0) is 13.4. The van der Waals surface area contributed by atoms with Crippen LogP contribution in [-0.4, -0.2) is 38.7 Å². The Kier molecular flexibility index (Phi) is 3.38. The van der Waals surface area contributed by atoms with Crippen molar-refractivity contribution in [2.45, 2.75) is 57.9 Å². The lowest BCUT2D eigenvalue weighted by atomic mass is 9.94. The van der Waals surface area contributed by atoms with Crippen molar-refractivity contribution in [1.82, 2.24) is 9.78 Å². The van der Waals surface area contributed by atoms with Gasteiger partial charge in [0.05, 0.1) is 42.3 Å². The summed E-state index contributed by atoms with van der Waals surface area (Å²) in [4.78, 5) is 0. The van der Waals surface area contributed by atoms with Gasteiger partial charge in [0.25, 0.3) is 0 Å². The van der Waals surface area contributed by atoms with Crippen molar-refractivity contribution in [3.63, 3.8) is 0 Å². The van der Waals surface area contributed by atoms with Crippen LogP contribution >= 0.6 is 0 Å². The second-order valence-electron chi connectivity index (χ2n) is 6.08. The number of rotatable bonds is 4. The Morgan fingerprint density at radius 1 is 1.50 bits per heavy atom. The molecule has 2 rings (SSSR count). The van der Waals surface area contributed by atoms with Gasteiger partial charge in [0.2, 0.25) is 0 Å². The normalized spacial score (nSPS) is 25.3. The van der Waals surface area contributed by atoms with Gasteiger partial charge in [0.1, 0.15) is 0 Å². The molecule has 0 radical (unpaired) electrons. The molecule has 1 fully saturated rings. The summed E-state index contributed by atoms with van der Waals surface area (Å²) in [5, 5.41) is 16.5. The van der Waals surface area contributed by atoms with Crippen molar-refractivity contribution in [1.29, 1.82) is 0 Å². The molecule has 1 unspecified atom stereocenters. The predicted octanol–water partition coefficient (Wildman–Crippen LogP) is 1.63. The maximum absolute atomic E-state index is 8.86. The fourth-order valence-electron chi connectivity index (χ4n) is 2.65. The zero-order valence-electron chi connectivity index (χ0n) is 11.6. The van der Waals surface area contributed by atoms with E-state index >= 15 is 0 Å². The van der Waals surface area contributed by atoms with Gasteiger partial charge in [-0.1, -0.05) is 0 Å². The van der Waals surface area contributed by atoms with E-state index in [9.17, 15) is 0 Å². The van der Waals surface area contributed by atoms with Gasteiger partial charge in [0, 0.05) is 6.20 Å². The summed E-state index contributed by atoms with van der Waals surface area (Å²) < 4.78 is 7.78. The van der Waals surface area contributed by atoms with Crippen LogP contribution in [0.15, 0.2) is 12.4 Å². The molecule has 0 aromatic carbocycles. The van der Waals surface area contributed by atoms with Gasteiger partial charge >= 0.3 is 0 Å². The largest absolute Gasteiger partial charge is 0.394 e. The molecule has 2 N–H and O–H groups in total. The Morgan fingerprint density at radius 3 is 2.78 bits per heavy atom. The van der Waals surface area contributed by atoms with Crippen molar-refractivity contribution in [3.8, 4) is 0 Å². The van der Waals surface area contributed by atoms with E-state index in [1.165, 1.54) is 0 Å². The van der Waals surface area contributed by atoms with Crippen molar-refractivity contribution in [2.24, 2.45) is 0 Å². The summed E-state index contributed by atoms with van der Waals surface area (Å²) in [5.74, 6) is 0. The third kappa shape index (κ3) is 2.84. The first-order chi connectivity index (χ1) is 8.32. The number of aromatic nitrogens is 2. The lowest BCUT2D eigenvalue weighted by Crippen LogP contribution is -2.38. The van der Waals surface area contributed by atoms with Crippen molar-refractivity contribution < 1.29 is 9.84 Å². The molecule has 18 heavy (non-hydrogen) atoms. The predicted molar refractivity (Wildman–Crippen MR) is 70.6 cm³/mol. The lowest BCUT2D eigenvalue weighted by Gasteiger charge is -2.27. The van der Waals surface area contributed by atoms with E-state index in [-0.39, 0.29) is 23.9 Å². The van der Waals surface area contributed by atoms with Crippen LogP contribution in [0.3, 0.4) is 0 Å². The zero-order valence-corrected chi connectivity index (χ0v) is 11.6. The summed E-state index contributed by atoms with van der Waals surface area (Å²) in [6.07, 6.45) is 4.67. The third-order valence-electron chi connectivity index (χ3n) is 3.38. The molecule has 5 heteroatoms. The highest BCUT2D eigenvalue weighted by Crippen LogP contribution is 2.38. The van der Waals surface area contributed by atoms with Gasteiger partial charge < -0.3 is 15.2 Å². The van der Waals surface area contributed by atoms with Gasteiger partial charge in [-0.15, -0.1) is 0 Å². The topological polar surface area (TPSA) is 59.3 Å². The number of aliphatic hydroxyl groups is 1. The smallest absolute Gasteiger partial charge is 0.0834 e. The van der Waals surface area contributed by atoms with Crippen LogP contribution in [0, 0.1) is 0 Å². The molecule has 0 aliphatic carbocycles. The molecule has 1 aliphatic rings. The fourth-order valence-corrected chi connectivity index (χ4v) is 2.65. The van der Waals surface area contributed by atoms with Gasteiger partial charge in [0.15, 0.2) is 0 Å². The van der Waals surface area contributed by atoms with Crippen LogP contribution in [-0.2, 0) is 11.3 Å². The molecule has 0 amide bonds. The molecule has 1 saturated heterocycles. The summed E-state index contributed by atoms with van der Waals surface area (Å²) >= 11 is 0. The van der Waals surface area contributed by atoms with E-state index in [0.717, 1.165) is 12.1 Å². The molecule has 1 atom stereocenters. The van der Waals surface area contributed by atoms with Crippen molar-refractivity contribution >= 4 is 5.69 Å². The molecule has 5 nitrogen and oxygen atoms in total. The number of ether oxygens (including phenoxy) is 1. The molecular weight excluding hydrogens is 230 g/mol. The lowest BCUT2D eigenvalue weighted by molar-refractivity contribution is -0.0662. The summed E-state index contributed by atoms with van der Waals surface area (Å²) in [5.41, 5.74) is 0.688. The molecule has 0 saturated carbocycles. The second-order valence-corrected chi connectivity index (χ2v) is 6.08. The van der Waals surface area contributed by atoms with E-state index in [0.29, 0.717) is 6.54 Å². The number of hydrogen-bond donors (Lipinski definition) is 2. The number of aliphatic hydroxyl groups excluding tert-OH is 1. The van der Waals surface area contributed by atoms with Crippen LogP contribution < -0.4 is 5.32 Å². The van der Waals surface area contributed by atoms with E-state index in [2.05, 4.69) is 38.1 Å². The van der Waals surface area contributed by atoms with E-state index in [1.807, 2.05) is 6.20 Å². The summed E-state index contributed by atoms with van der Waals surface area (Å²) in [6, 6.07) is 0.263. The summed E-state index contributed by atoms with van der Waals surface area (Å²) in [7, 11) is 0. The monoisotopic (exact) mass is 253 g/mol. The molecule has 2 heterocycles. The fraction of sp³-hybridized carbons (Fsp3) is 0.769. The first-order valence-electron chi connectivity index (χ1n) is 6.42. The maximum atomic E-state index is 8.86. The molecule has 0 spiro atoms. The number of hydrogen-bond acceptors (Lipinski definition) is 4. The Hall–Kier alpha value is -1.07. The third-order valence-corrected chi connectivity index (χ3v) is 3.38. The average Bonchev–Trinajstić information content (AvgIpc) is 2.70. The van der Waals surface area contributed by atoms with Gasteiger partial charge in [-0.3, -0.25) is 4.68 Å². The quantitative estimate of drug-likeness (QED) is 0.856. The van der Waals surface area contributed by atoms with Crippen molar-refractivity contribution in [3.05, 3.63) is 12.4 Å². The summed E-state index contributed by atoms with van der Waals surface area (Å²) in [6.45, 7) is 9.08. The molecular formula is C13H23N3O2. The maximum Gasteiger partial charge on any atom is 0.0834 e. The number of anilines is 1. The first-order valence-corrected chi connectivity index (χ1v) is 6.42. The van der Waals surface area contributed by atoms with E-state index < -0.39 is 0 Å². The molecule has 1 aromatic heterocycles. The molecule has 1 aromatic rings. The Labute approximate surface area is 108 Å². The minimum atomic E-state index is -0.192. The average molecular weight is 253 g/mol. The van der Waals surface area contributed by atoms with Crippen LogP contribution in [0.1, 0.15) is 34.1 Å². The molecule has 1 aliphatic heterocycles. The minimum absolute atomic E-state index is 0.0950. The van der Waals surface area contributed by atoms with Crippen LogP contribution in [0.5, 0.6) is 0 Å². The minimum Gasteiger partial charge on any atom is -0.394 e. The highest BCUT2D eigenvalue weighted by Gasteiger charge is 2.45. The Morgan fingerprint density at radius 2 is 2.22 bits per heavy atom. The second kappa shape index (κ2) is 4.55. The number of nitrogens with one attached hydrogen (secondary N) is 1. The van der Waals surface area contributed by atoms with E-state index in [1.54, 1.807) is 10.9 Å². The van der Waals surface area contributed by atoms with Crippen molar-refractivity contribution in [2.75, 3.05) is 11.9 Å². The Bertz CT molecular complexity index is 412. The van der Waals surface area contributed by atoms with Crippen LogP contribution in [0.2, 0.25) is 0 Å².